The Bertz CT molecular complexity index is 1030. The molecule has 1 aromatic carbocycles. The van der Waals surface area contributed by atoms with E-state index in [0.717, 1.165) is 69.4 Å². The summed E-state index contributed by atoms with van der Waals surface area (Å²) in [6, 6.07) is 3.75. The van der Waals surface area contributed by atoms with Crippen LogP contribution in [0, 0.1) is 5.92 Å². The molecule has 3 N–H and O–H groups in total. The first-order valence-electron chi connectivity index (χ1n) is 11.8. The summed E-state index contributed by atoms with van der Waals surface area (Å²) >= 11 is 10.7. The number of aromatic nitrogens is 2. The lowest BCUT2D eigenvalue weighted by Gasteiger charge is -2.33. The van der Waals surface area contributed by atoms with Crippen molar-refractivity contribution in [2.24, 2.45) is 11.7 Å². The number of anilines is 3. The average Bonchev–Trinajstić information content (AvgIpc) is 2.78. The highest BCUT2D eigenvalue weighted by atomic mass is 79.9. The van der Waals surface area contributed by atoms with Gasteiger partial charge in [-0.2, -0.15) is 4.98 Å². The fourth-order valence-electron chi connectivity index (χ4n) is 5.02. The molecule has 2 aromatic rings. The number of benzene rings is 1. The van der Waals surface area contributed by atoms with E-state index in [9.17, 15) is 4.79 Å². The second kappa shape index (κ2) is 11.1. The smallest absolute Gasteiger partial charge is 0.319 e. The second-order valence-corrected chi connectivity index (χ2v) is 12.1. The molecule has 0 atom stereocenters. The third-order valence-corrected chi connectivity index (χ3v) is 8.39. The lowest BCUT2D eigenvalue weighted by molar-refractivity contribution is 0.250. The van der Waals surface area contributed by atoms with E-state index in [-0.39, 0.29) is 0 Å². The Morgan fingerprint density at radius 1 is 1.06 bits per heavy atom. The number of nitrogens with zero attached hydrogens (tertiary/aromatic N) is 4. The summed E-state index contributed by atoms with van der Waals surface area (Å²) in [5.74, 6) is 2.17. The van der Waals surface area contributed by atoms with Crippen LogP contribution in [0.2, 0.25) is 0 Å². The molecule has 2 amide bonds. The molecule has 34 heavy (non-hydrogen) atoms. The minimum absolute atomic E-state index is 0.334. The summed E-state index contributed by atoms with van der Waals surface area (Å²) in [5, 5.41) is 3.60. The lowest BCUT2D eigenvalue weighted by atomic mass is 9.85. The zero-order chi connectivity index (χ0) is 24.4. The van der Waals surface area contributed by atoms with Gasteiger partial charge >= 0.3 is 6.03 Å². The number of fused-ring (bicyclic) bond motifs is 1. The van der Waals surface area contributed by atoms with Gasteiger partial charge in [0.05, 0.1) is 11.4 Å². The number of carbonyl (C=O) groups is 1. The molecule has 0 aliphatic heterocycles. The highest BCUT2D eigenvalue weighted by Crippen LogP contribution is 2.39. The van der Waals surface area contributed by atoms with E-state index >= 15 is 0 Å². The summed E-state index contributed by atoms with van der Waals surface area (Å²) in [5.41, 5.74) is 9.06. The van der Waals surface area contributed by atoms with E-state index in [1.807, 2.05) is 12.1 Å². The zero-order valence-electron chi connectivity index (χ0n) is 19.6. The first-order chi connectivity index (χ1) is 16.2. The first-order valence-corrected chi connectivity index (χ1v) is 14.2. The highest BCUT2D eigenvalue weighted by Gasteiger charge is 2.28. The summed E-state index contributed by atoms with van der Waals surface area (Å²) in [4.78, 5) is 25.8. The topological polar surface area (TPSA) is 87.4 Å². The fourth-order valence-corrected chi connectivity index (χ4v) is 7.71. The molecule has 0 radical (unpaired) electrons. The minimum atomic E-state index is -0.442. The Morgan fingerprint density at radius 2 is 1.71 bits per heavy atom. The third kappa shape index (κ3) is 5.87. The van der Waals surface area contributed by atoms with Crippen LogP contribution in [0.4, 0.5) is 22.2 Å². The SMILES string of the molecule is CN(C)c1nc(NC2CCC(CN(C(N)=O)c3c(Br)cc(Br)cc3Br)CC2)nc2c1CCCC2. The van der Waals surface area contributed by atoms with Crippen molar-refractivity contribution in [3.05, 3.63) is 36.8 Å². The van der Waals surface area contributed by atoms with Gasteiger partial charge in [0.15, 0.2) is 0 Å². The summed E-state index contributed by atoms with van der Waals surface area (Å²) in [6.45, 7) is 0.598. The van der Waals surface area contributed by atoms with Crippen LogP contribution in [-0.2, 0) is 12.8 Å². The van der Waals surface area contributed by atoms with Crippen LogP contribution in [0.15, 0.2) is 25.6 Å². The minimum Gasteiger partial charge on any atom is -0.362 e. The lowest BCUT2D eigenvalue weighted by Crippen LogP contribution is -2.41. The van der Waals surface area contributed by atoms with Crippen LogP contribution in [-0.4, -0.2) is 42.7 Å². The van der Waals surface area contributed by atoms with Crippen molar-refractivity contribution in [3.8, 4) is 0 Å². The van der Waals surface area contributed by atoms with Gasteiger partial charge in [-0.3, -0.25) is 4.90 Å². The predicted molar refractivity (Wildman–Crippen MR) is 149 cm³/mol. The molecule has 2 aliphatic rings. The summed E-state index contributed by atoms with van der Waals surface area (Å²) < 4.78 is 2.57. The van der Waals surface area contributed by atoms with Crippen LogP contribution in [0.25, 0.3) is 0 Å². The molecule has 1 saturated carbocycles. The maximum absolute atomic E-state index is 12.3. The molecule has 1 fully saturated rings. The van der Waals surface area contributed by atoms with Crippen LogP contribution in [0.1, 0.15) is 49.8 Å². The van der Waals surface area contributed by atoms with Crippen molar-refractivity contribution in [2.75, 3.05) is 35.8 Å². The van der Waals surface area contributed by atoms with Crippen LogP contribution in [0.5, 0.6) is 0 Å². The van der Waals surface area contributed by atoms with E-state index in [4.69, 9.17) is 15.7 Å². The molecule has 0 unspecified atom stereocenters. The number of nitrogens with two attached hydrogens (primary N) is 1. The molecule has 7 nitrogen and oxygen atoms in total. The van der Waals surface area contributed by atoms with Crippen molar-refractivity contribution < 1.29 is 4.79 Å². The number of halogens is 3. The largest absolute Gasteiger partial charge is 0.362 e. The Kier molecular flexibility index (Phi) is 8.40. The second-order valence-electron chi connectivity index (χ2n) is 9.43. The Labute approximate surface area is 226 Å². The molecular weight excluding hydrogens is 628 g/mol. The van der Waals surface area contributed by atoms with Gasteiger partial charge in [-0.15, -0.1) is 0 Å². The van der Waals surface area contributed by atoms with E-state index < -0.39 is 6.03 Å². The van der Waals surface area contributed by atoms with Crippen molar-refractivity contribution >= 4 is 71.3 Å². The van der Waals surface area contributed by atoms with Crippen molar-refractivity contribution in [1.29, 1.82) is 0 Å². The number of carbonyl (C=O) groups excluding carboxylic acids is 1. The van der Waals surface area contributed by atoms with E-state index in [1.54, 1.807) is 4.90 Å². The van der Waals surface area contributed by atoms with Crippen molar-refractivity contribution in [1.82, 2.24) is 9.97 Å². The molecule has 1 aromatic heterocycles. The summed E-state index contributed by atoms with van der Waals surface area (Å²) in [7, 11) is 4.11. The number of primary amides is 1. The Hall–Kier alpha value is -1.39. The number of amides is 2. The zero-order valence-corrected chi connectivity index (χ0v) is 24.3. The molecular formula is C24H31Br3N6O. The molecule has 0 bridgehead atoms. The van der Waals surface area contributed by atoms with Crippen LogP contribution >= 0.6 is 47.8 Å². The van der Waals surface area contributed by atoms with Gasteiger partial charge < -0.3 is 16.0 Å². The van der Waals surface area contributed by atoms with Gasteiger partial charge in [0.25, 0.3) is 0 Å². The average molecular weight is 659 g/mol. The van der Waals surface area contributed by atoms with Gasteiger partial charge in [-0.25, -0.2) is 9.78 Å². The Balaban J connectivity index is 1.41. The Morgan fingerprint density at radius 3 is 2.32 bits per heavy atom. The number of nitrogens with one attached hydrogen (secondary N) is 1. The van der Waals surface area contributed by atoms with Gasteiger partial charge in [-0.1, -0.05) is 15.9 Å². The molecule has 2 aliphatic carbocycles. The number of rotatable bonds is 6. The number of urea groups is 1. The maximum Gasteiger partial charge on any atom is 0.319 e. The molecule has 184 valence electrons. The van der Waals surface area contributed by atoms with E-state index in [1.165, 1.54) is 24.1 Å². The van der Waals surface area contributed by atoms with Crippen LogP contribution in [0.3, 0.4) is 0 Å². The monoisotopic (exact) mass is 656 g/mol. The molecule has 4 rings (SSSR count). The molecule has 0 saturated heterocycles. The normalized spacial score (nSPS) is 19.9. The van der Waals surface area contributed by atoms with Crippen molar-refractivity contribution in [3.63, 3.8) is 0 Å². The fraction of sp³-hybridized carbons (Fsp3) is 0.542. The van der Waals surface area contributed by atoms with Crippen molar-refractivity contribution in [2.45, 2.75) is 57.4 Å². The molecule has 1 heterocycles. The van der Waals surface area contributed by atoms with E-state index in [0.29, 0.717) is 18.5 Å². The van der Waals surface area contributed by atoms with Gasteiger partial charge in [0.2, 0.25) is 5.95 Å². The number of hydrogen-bond acceptors (Lipinski definition) is 5. The highest BCUT2D eigenvalue weighted by molar-refractivity contribution is 9.11. The number of aryl methyl sites for hydroxylation is 1. The van der Waals surface area contributed by atoms with Crippen LogP contribution < -0.4 is 20.9 Å². The van der Waals surface area contributed by atoms with Gasteiger partial charge in [0, 0.05) is 45.7 Å². The third-order valence-electron chi connectivity index (χ3n) is 6.72. The van der Waals surface area contributed by atoms with Gasteiger partial charge in [-0.05, 0) is 101 Å². The van der Waals surface area contributed by atoms with Gasteiger partial charge in [0.1, 0.15) is 5.82 Å². The summed E-state index contributed by atoms with van der Waals surface area (Å²) in [6.07, 6.45) is 8.55. The quantitative estimate of drug-likeness (QED) is 0.383. The van der Waals surface area contributed by atoms with E-state index in [2.05, 4.69) is 72.1 Å². The molecule has 0 spiro atoms. The predicted octanol–water partition coefficient (Wildman–Crippen LogP) is 6.26. The molecule has 10 heteroatoms. The standard InChI is InChI=1S/C24H31Br3N6O/c1-32(2)22-17-5-3-4-6-20(17)30-24(31-22)29-16-9-7-14(8-10-16)13-33(23(28)34)21-18(26)11-15(25)12-19(21)27/h11-12,14,16H,3-10,13H2,1-2H3,(H2,28,34)(H,29,30,31). The maximum atomic E-state index is 12.3. The number of hydrogen-bond donors (Lipinski definition) is 2. The first kappa shape index (κ1) is 25.7.